The monoisotopic (exact) mass is 332 g/mol. The van der Waals surface area contributed by atoms with Gasteiger partial charge in [-0.2, -0.15) is 5.10 Å². The molecule has 7 heteroatoms. The quantitative estimate of drug-likeness (QED) is 0.913. The molecule has 126 valence electrons. The highest BCUT2D eigenvalue weighted by atomic mass is 19.2. The van der Waals surface area contributed by atoms with E-state index < -0.39 is 17.2 Å². The van der Waals surface area contributed by atoms with Gasteiger partial charge in [-0.05, 0) is 50.0 Å². The lowest BCUT2D eigenvalue weighted by atomic mass is 9.86. The molecular weight excluding hydrogens is 314 g/mol. The molecule has 0 unspecified atom stereocenters. The molecule has 1 fully saturated rings. The summed E-state index contributed by atoms with van der Waals surface area (Å²) >= 11 is 0. The second-order valence-electron chi connectivity index (χ2n) is 6.33. The molecule has 0 saturated carbocycles. The van der Waals surface area contributed by atoms with Crippen LogP contribution in [0.5, 0.6) is 0 Å². The molecule has 2 aliphatic heterocycles. The molecule has 2 aromatic rings. The predicted octanol–water partition coefficient (Wildman–Crippen LogP) is 1.83. The lowest BCUT2D eigenvalue weighted by Crippen LogP contribution is -2.55. The first-order chi connectivity index (χ1) is 11.6. The first-order valence-electron chi connectivity index (χ1n) is 8.12. The molecule has 1 aromatic carbocycles. The molecule has 0 spiro atoms. The number of fused-ring (bicyclic) bond motifs is 1. The highest BCUT2D eigenvalue weighted by molar-refractivity contribution is 6.00. The Morgan fingerprint density at radius 3 is 2.67 bits per heavy atom. The van der Waals surface area contributed by atoms with E-state index in [-0.39, 0.29) is 5.91 Å². The molecule has 1 amide bonds. The van der Waals surface area contributed by atoms with E-state index in [1.807, 2.05) is 0 Å². The van der Waals surface area contributed by atoms with Gasteiger partial charge in [0.25, 0.3) is 5.91 Å². The van der Waals surface area contributed by atoms with Crippen molar-refractivity contribution in [1.82, 2.24) is 15.1 Å². The Bertz CT molecular complexity index is 769. The first-order valence-corrected chi connectivity index (χ1v) is 8.12. The summed E-state index contributed by atoms with van der Waals surface area (Å²) in [6.45, 7) is 1.86. The third-order valence-corrected chi connectivity index (χ3v) is 5.03. The van der Waals surface area contributed by atoms with Crippen molar-refractivity contribution in [2.45, 2.75) is 24.8 Å². The van der Waals surface area contributed by atoms with Crippen molar-refractivity contribution in [3.05, 3.63) is 47.8 Å². The summed E-state index contributed by atoms with van der Waals surface area (Å²) in [7, 11) is 0. The smallest absolute Gasteiger partial charge is 0.255 e. The normalized spacial score (nSPS) is 19.3. The summed E-state index contributed by atoms with van der Waals surface area (Å²) in [4.78, 5) is 15.0. The Morgan fingerprint density at radius 1 is 1.21 bits per heavy atom. The van der Waals surface area contributed by atoms with E-state index in [0.717, 1.165) is 6.07 Å². The minimum Gasteiger partial charge on any atom is -0.317 e. The average Bonchev–Trinajstić information content (AvgIpc) is 3.25. The Balaban J connectivity index is 1.74. The van der Waals surface area contributed by atoms with E-state index in [9.17, 15) is 13.6 Å². The van der Waals surface area contributed by atoms with Crippen LogP contribution in [0.4, 0.5) is 14.5 Å². The molecule has 4 rings (SSSR count). The average molecular weight is 332 g/mol. The van der Waals surface area contributed by atoms with Crippen LogP contribution < -0.4 is 10.2 Å². The first kappa shape index (κ1) is 15.3. The topological polar surface area (TPSA) is 50.2 Å². The zero-order valence-electron chi connectivity index (χ0n) is 13.1. The van der Waals surface area contributed by atoms with Crippen molar-refractivity contribution >= 4 is 11.6 Å². The van der Waals surface area contributed by atoms with Crippen LogP contribution in [0.15, 0.2) is 30.6 Å². The maximum atomic E-state index is 13.7. The van der Waals surface area contributed by atoms with E-state index >= 15 is 0 Å². The molecule has 0 radical (unpaired) electrons. The van der Waals surface area contributed by atoms with Gasteiger partial charge in [0.15, 0.2) is 11.6 Å². The summed E-state index contributed by atoms with van der Waals surface area (Å²) in [5, 5.41) is 7.56. The van der Waals surface area contributed by atoms with Crippen LogP contribution in [-0.4, -0.2) is 35.3 Å². The van der Waals surface area contributed by atoms with Gasteiger partial charge in [-0.3, -0.25) is 9.48 Å². The molecule has 3 heterocycles. The molecule has 0 bridgehead atoms. The van der Waals surface area contributed by atoms with Crippen molar-refractivity contribution in [3.63, 3.8) is 0 Å². The van der Waals surface area contributed by atoms with Gasteiger partial charge in [-0.25, -0.2) is 8.78 Å². The van der Waals surface area contributed by atoms with E-state index in [2.05, 4.69) is 10.4 Å². The second kappa shape index (κ2) is 5.66. The van der Waals surface area contributed by atoms with Gasteiger partial charge >= 0.3 is 0 Å². The third kappa shape index (κ3) is 2.23. The molecule has 1 aromatic heterocycles. The molecule has 1 N–H and O–H groups in total. The fourth-order valence-corrected chi connectivity index (χ4v) is 3.75. The van der Waals surface area contributed by atoms with E-state index in [4.69, 9.17) is 0 Å². The second-order valence-corrected chi connectivity index (χ2v) is 6.33. The van der Waals surface area contributed by atoms with E-state index in [1.54, 1.807) is 28.0 Å². The molecule has 24 heavy (non-hydrogen) atoms. The fraction of sp³-hybridized carbons (Fsp3) is 0.412. The zero-order chi connectivity index (χ0) is 16.7. The van der Waals surface area contributed by atoms with Gasteiger partial charge in [0, 0.05) is 25.0 Å². The number of benzene rings is 1. The number of halogens is 2. The van der Waals surface area contributed by atoms with Crippen LogP contribution in [0, 0.1) is 11.6 Å². The Kier molecular flexibility index (Phi) is 3.60. The van der Waals surface area contributed by atoms with Crippen LogP contribution in [-0.2, 0) is 16.8 Å². The number of nitrogens with one attached hydrogen (secondary N) is 1. The predicted molar refractivity (Wildman–Crippen MR) is 84.7 cm³/mol. The summed E-state index contributed by atoms with van der Waals surface area (Å²) in [5.74, 6) is -1.89. The van der Waals surface area contributed by atoms with Gasteiger partial charge in [0.05, 0.1) is 5.69 Å². The number of hydrogen-bond acceptors (Lipinski definition) is 3. The van der Waals surface area contributed by atoms with Gasteiger partial charge in [0.1, 0.15) is 5.54 Å². The number of hydrogen-bond donors (Lipinski definition) is 1. The van der Waals surface area contributed by atoms with Crippen LogP contribution in [0.25, 0.3) is 0 Å². The molecular formula is C17H18F2N4O. The highest BCUT2D eigenvalue weighted by Crippen LogP contribution is 2.36. The minimum atomic E-state index is -0.924. The SMILES string of the molecule is O=C(N1CCc2cc(F)c(F)cc21)C1(n2cccn2)CCNCC1. The lowest BCUT2D eigenvalue weighted by molar-refractivity contribution is -0.129. The van der Waals surface area contributed by atoms with Gasteiger partial charge < -0.3 is 10.2 Å². The molecule has 0 atom stereocenters. The Labute approximate surface area is 138 Å². The van der Waals surface area contributed by atoms with Crippen LogP contribution in [0.3, 0.4) is 0 Å². The molecule has 5 nitrogen and oxygen atoms in total. The summed E-state index contributed by atoms with van der Waals surface area (Å²) < 4.78 is 28.9. The number of carbonyl (C=O) groups excluding carboxylic acids is 1. The van der Waals surface area contributed by atoms with Gasteiger partial charge in [0.2, 0.25) is 0 Å². The Hall–Kier alpha value is -2.28. The zero-order valence-corrected chi connectivity index (χ0v) is 13.1. The number of carbonyl (C=O) groups is 1. The molecule has 1 saturated heterocycles. The molecule has 0 aliphatic carbocycles. The van der Waals surface area contributed by atoms with Crippen molar-refractivity contribution in [2.24, 2.45) is 0 Å². The van der Waals surface area contributed by atoms with Crippen molar-refractivity contribution < 1.29 is 13.6 Å². The number of nitrogens with zero attached hydrogens (tertiary/aromatic N) is 3. The fourth-order valence-electron chi connectivity index (χ4n) is 3.75. The molecule has 2 aliphatic rings. The maximum absolute atomic E-state index is 13.7. The number of piperidine rings is 1. The summed E-state index contributed by atoms with van der Waals surface area (Å²) in [6.07, 6.45) is 5.22. The number of aromatic nitrogens is 2. The van der Waals surface area contributed by atoms with Gasteiger partial charge in [-0.1, -0.05) is 0 Å². The van der Waals surface area contributed by atoms with E-state index in [0.29, 0.717) is 50.1 Å². The van der Waals surface area contributed by atoms with E-state index in [1.165, 1.54) is 6.07 Å². The Morgan fingerprint density at radius 2 is 1.96 bits per heavy atom. The van der Waals surface area contributed by atoms with Crippen LogP contribution >= 0.6 is 0 Å². The number of amides is 1. The van der Waals surface area contributed by atoms with Gasteiger partial charge in [-0.15, -0.1) is 0 Å². The van der Waals surface area contributed by atoms with Crippen LogP contribution in [0.1, 0.15) is 18.4 Å². The standard InChI is InChI=1S/C17H18F2N4O/c18-13-10-12-2-9-22(15(12)11-14(13)19)16(24)17(3-6-20-7-4-17)23-8-1-5-21-23/h1,5,8,10-11,20H,2-4,6-7,9H2. The van der Waals surface area contributed by atoms with Crippen molar-refractivity contribution in [2.75, 3.05) is 24.5 Å². The summed E-state index contributed by atoms with van der Waals surface area (Å²) in [5.41, 5.74) is 0.372. The number of anilines is 1. The lowest BCUT2D eigenvalue weighted by Gasteiger charge is -2.39. The highest BCUT2D eigenvalue weighted by Gasteiger charge is 2.46. The minimum absolute atomic E-state index is 0.0996. The summed E-state index contributed by atoms with van der Waals surface area (Å²) in [6, 6.07) is 4.12. The largest absolute Gasteiger partial charge is 0.317 e. The third-order valence-electron chi connectivity index (χ3n) is 5.03. The van der Waals surface area contributed by atoms with Crippen molar-refractivity contribution in [1.29, 1.82) is 0 Å². The maximum Gasteiger partial charge on any atom is 0.255 e. The van der Waals surface area contributed by atoms with Crippen LogP contribution in [0.2, 0.25) is 0 Å². The number of rotatable bonds is 2. The van der Waals surface area contributed by atoms with Crippen molar-refractivity contribution in [3.8, 4) is 0 Å².